The second-order valence-corrected chi connectivity index (χ2v) is 19.1. The van der Waals surface area contributed by atoms with Gasteiger partial charge in [-0.25, -0.2) is 0 Å². The van der Waals surface area contributed by atoms with E-state index in [1.807, 2.05) is 11.8 Å². The number of rotatable bonds is 6. The monoisotopic (exact) mass is 778 g/mol. The molecule has 0 heterocycles. The first kappa shape index (κ1) is 42.6. The summed E-state index contributed by atoms with van der Waals surface area (Å²) in [6.45, 7) is 0. The van der Waals surface area contributed by atoms with Gasteiger partial charge in [-0.2, -0.15) is 25.5 Å². The van der Waals surface area contributed by atoms with E-state index < -0.39 is 19.5 Å². The van der Waals surface area contributed by atoms with Gasteiger partial charge < -0.3 is 6.42 Å². The predicted octanol–water partition coefficient (Wildman–Crippen LogP) is 9.56. The molecular weight excluding hydrogens is 728 g/mol. The molecule has 6 rings (SSSR count). The molecule has 2 aromatic carbocycles. The summed E-state index contributed by atoms with van der Waals surface area (Å²) >= 11 is 9.82. The smallest absolute Gasteiger partial charge is 0.328 e. The molecule has 0 unspecified atom stereocenters. The van der Waals surface area contributed by atoms with Gasteiger partial charge in [-0.15, -0.1) is 35.3 Å². The van der Waals surface area contributed by atoms with Gasteiger partial charge in [0, 0.05) is 34.9 Å². The number of hydrogen-bond acceptors (Lipinski definition) is 6. The van der Waals surface area contributed by atoms with Crippen molar-refractivity contribution in [1.82, 2.24) is 0 Å². The van der Waals surface area contributed by atoms with Gasteiger partial charge in [-0.3, -0.25) is 0 Å². The molecule has 0 aliphatic heterocycles. The van der Waals surface area contributed by atoms with Crippen molar-refractivity contribution in [2.45, 2.75) is 159 Å². The summed E-state index contributed by atoms with van der Waals surface area (Å²) in [5.41, 5.74) is 0. The summed E-state index contributed by atoms with van der Waals surface area (Å²) in [6.07, 6.45) is 30.9. The number of thioether (sulfide) groups is 3. The largest absolute Gasteiger partial charge is 1.00 e. The fourth-order valence-electron chi connectivity index (χ4n) is 6.19. The minimum atomic E-state index is -2.46. The van der Waals surface area contributed by atoms with Crippen LogP contribution in [0.5, 0.6) is 0 Å². The molecule has 4 saturated carbocycles. The molecule has 0 N–H and O–H groups in total. The van der Waals surface area contributed by atoms with Crippen LogP contribution in [-0.4, -0.2) is 28.4 Å². The van der Waals surface area contributed by atoms with E-state index in [9.17, 15) is 0 Å². The molecule has 0 radical (unpaired) electrons. The van der Waals surface area contributed by atoms with Gasteiger partial charge in [-0.05, 0) is 74.9 Å². The molecule has 10 heteroatoms. The Morgan fingerprint density at radius 1 is 0.565 bits per heavy atom. The van der Waals surface area contributed by atoms with Crippen molar-refractivity contribution >= 4 is 70.7 Å². The fourth-order valence-corrected chi connectivity index (χ4v) is 10.7. The molecule has 3 nitrogen and oxygen atoms in total. The SMILES string of the molecule is Brc1cccc(SC2CCCCC2)c1.O=S=S(=O)=O.[CH-]1CCCCC1.[Li+].c1cc(SC2CCCCC2)cc(SC2CCCCC2)c1. The van der Waals surface area contributed by atoms with E-state index in [1.54, 1.807) is 0 Å². The van der Waals surface area contributed by atoms with Crippen molar-refractivity contribution < 1.29 is 31.5 Å². The quantitative estimate of drug-likeness (QED) is 0.215. The van der Waals surface area contributed by atoms with Gasteiger partial charge >= 0.3 is 28.1 Å². The third kappa shape index (κ3) is 20.2. The Bertz CT molecular complexity index is 1180. The third-order valence-corrected chi connectivity index (χ3v) is 13.5. The first-order valence-electron chi connectivity index (χ1n) is 17.1. The maximum atomic E-state index is 9.02. The average molecular weight is 780 g/mol. The maximum absolute atomic E-state index is 9.02. The van der Waals surface area contributed by atoms with Crippen LogP contribution < -0.4 is 18.9 Å². The van der Waals surface area contributed by atoms with Crippen molar-refractivity contribution in [1.29, 1.82) is 0 Å². The van der Waals surface area contributed by atoms with Crippen molar-refractivity contribution in [2.24, 2.45) is 0 Å². The van der Waals surface area contributed by atoms with Gasteiger partial charge in [0.05, 0.1) is 0 Å². The number of benzene rings is 2. The Morgan fingerprint density at radius 2 is 0.913 bits per heavy atom. The minimum Gasteiger partial charge on any atom is -0.328 e. The molecule has 4 aliphatic carbocycles. The Labute approximate surface area is 317 Å². The summed E-state index contributed by atoms with van der Waals surface area (Å²) in [5.74, 6) is 0. The van der Waals surface area contributed by atoms with E-state index in [1.165, 1.54) is 148 Å². The Balaban J connectivity index is 0.000000245. The molecule has 0 aromatic heterocycles. The number of halogens is 1. The second kappa shape index (κ2) is 27.2. The topological polar surface area (TPSA) is 51.2 Å². The first-order valence-corrected chi connectivity index (χ1v) is 22.8. The van der Waals surface area contributed by atoms with Crippen LogP contribution in [-0.2, 0) is 19.5 Å². The van der Waals surface area contributed by atoms with Crippen LogP contribution in [0.1, 0.15) is 128 Å². The van der Waals surface area contributed by atoms with Crippen LogP contribution in [0.3, 0.4) is 0 Å². The Morgan fingerprint density at radius 3 is 1.22 bits per heavy atom. The van der Waals surface area contributed by atoms with Crippen LogP contribution in [0.25, 0.3) is 0 Å². The minimum absolute atomic E-state index is 0. The fraction of sp³-hybridized carbons (Fsp3) is 0.639. The third-order valence-electron chi connectivity index (χ3n) is 8.54. The summed E-state index contributed by atoms with van der Waals surface area (Å²) in [4.78, 5) is 4.40. The zero-order valence-corrected chi connectivity index (χ0v) is 33.4. The van der Waals surface area contributed by atoms with Crippen molar-refractivity contribution in [3.05, 3.63) is 59.4 Å². The van der Waals surface area contributed by atoms with Crippen LogP contribution in [0.15, 0.2) is 67.7 Å². The molecule has 0 spiro atoms. The molecule has 4 aliphatic rings. The summed E-state index contributed by atoms with van der Waals surface area (Å²) in [6, 6.07) is 18.0. The molecule has 46 heavy (non-hydrogen) atoms. The molecular formula is C36H52BrLiO3S5. The van der Waals surface area contributed by atoms with Gasteiger partial charge in [0.15, 0.2) is 0 Å². The zero-order chi connectivity index (χ0) is 32.0. The Kier molecular flexibility index (Phi) is 25.1. The van der Waals surface area contributed by atoms with Crippen LogP contribution in [0.4, 0.5) is 0 Å². The first-order chi connectivity index (χ1) is 22.0. The Hall–Kier alpha value is 0.407. The van der Waals surface area contributed by atoms with Gasteiger partial charge in [0.1, 0.15) is 0 Å². The summed E-state index contributed by atoms with van der Waals surface area (Å²) in [5, 5.41) is 2.61. The summed E-state index contributed by atoms with van der Waals surface area (Å²) in [7, 11) is -2.92. The average Bonchev–Trinajstić information content (AvgIpc) is 3.08. The van der Waals surface area contributed by atoms with Gasteiger partial charge in [0.25, 0.3) is 0 Å². The molecule has 2 aromatic rings. The van der Waals surface area contributed by atoms with Gasteiger partial charge in [-0.1, -0.05) is 105 Å². The predicted molar refractivity (Wildman–Crippen MR) is 203 cm³/mol. The van der Waals surface area contributed by atoms with E-state index in [0.29, 0.717) is 0 Å². The second-order valence-electron chi connectivity index (χ2n) is 12.3. The molecule has 0 saturated heterocycles. The standard InChI is InChI=1S/C18H26S2.C12H15BrS.C6H11.Li.O3S2/c1-3-8-15(9-4-1)19-17-12-7-13-18(14-17)20-16-10-5-2-6-11-16;13-10-5-4-8-12(9-10)14-11-6-2-1-3-7-11;1-2-4-6-5-3-1;;1-4-5(2)3/h7,12-16H,1-6,8-11H2;4-5,8-9,11H,1-3,6-7H2;1H,2-6H2;;/q;;-1;+1;. The normalized spacial score (nSPS) is 19.0. The van der Waals surface area contributed by atoms with E-state index in [-0.39, 0.29) is 18.9 Å². The van der Waals surface area contributed by atoms with E-state index >= 15 is 0 Å². The van der Waals surface area contributed by atoms with E-state index in [2.05, 4.69) is 94.4 Å². The molecule has 0 bridgehead atoms. The van der Waals surface area contributed by atoms with Gasteiger partial charge in [0.2, 0.25) is 10.2 Å². The van der Waals surface area contributed by atoms with Crippen molar-refractivity contribution in [2.75, 3.05) is 0 Å². The summed E-state index contributed by atoms with van der Waals surface area (Å²) < 4.78 is 28.2. The molecule has 0 atom stereocenters. The van der Waals surface area contributed by atoms with Crippen LogP contribution in [0, 0.1) is 6.42 Å². The van der Waals surface area contributed by atoms with Crippen LogP contribution >= 0.6 is 51.2 Å². The molecule has 4 fully saturated rings. The maximum Gasteiger partial charge on any atom is 1.00 e. The zero-order valence-electron chi connectivity index (χ0n) is 27.7. The number of hydrogen-bond donors (Lipinski definition) is 0. The van der Waals surface area contributed by atoms with E-state index in [4.69, 9.17) is 12.6 Å². The molecule has 252 valence electrons. The van der Waals surface area contributed by atoms with Crippen LogP contribution in [0.2, 0.25) is 0 Å². The van der Waals surface area contributed by atoms with Crippen molar-refractivity contribution in [3.63, 3.8) is 0 Å². The van der Waals surface area contributed by atoms with E-state index in [0.717, 1.165) is 15.7 Å². The molecule has 0 amide bonds. The van der Waals surface area contributed by atoms with Crippen molar-refractivity contribution in [3.8, 4) is 0 Å².